The number of alkyl halides is 1. The Labute approximate surface area is 241 Å². The minimum absolute atomic E-state index is 0.123. The summed E-state index contributed by atoms with van der Waals surface area (Å²) in [5, 5.41) is 15.4. The molecule has 208 valence electrons. The van der Waals surface area contributed by atoms with Gasteiger partial charge in [0.15, 0.2) is 0 Å². The summed E-state index contributed by atoms with van der Waals surface area (Å²) < 4.78 is 6.53. The molecule has 0 saturated carbocycles. The second-order valence-corrected chi connectivity index (χ2v) is 12.1. The molecule has 3 saturated heterocycles. The van der Waals surface area contributed by atoms with Crippen molar-refractivity contribution in [3.8, 4) is 0 Å². The summed E-state index contributed by atoms with van der Waals surface area (Å²) in [6.45, 7) is 0.829. The van der Waals surface area contributed by atoms with Crippen LogP contribution < -0.4 is 10.6 Å². The molecule has 3 N–H and O–H groups in total. The van der Waals surface area contributed by atoms with Crippen molar-refractivity contribution in [2.45, 2.75) is 61.2 Å². The largest absolute Gasteiger partial charge is 0.396 e. The molecule has 2 aromatic carbocycles. The van der Waals surface area contributed by atoms with E-state index in [2.05, 4.69) is 26.6 Å². The molecule has 3 amide bonds. The van der Waals surface area contributed by atoms with E-state index in [9.17, 15) is 14.4 Å². The molecule has 10 heteroatoms. The third-order valence-electron chi connectivity index (χ3n) is 8.09. The van der Waals surface area contributed by atoms with Crippen LogP contribution in [0.4, 0.5) is 5.69 Å². The predicted molar refractivity (Wildman–Crippen MR) is 151 cm³/mol. The number of aliphatic hydroxyl groups excluding tert-OH is 1. The van der Waals surface area contributed by atoms with E-state index in [-0.39, 0.29) is 29.2 Å². The van der Waals surface area contributed by atoms with Gasteiger partial charge in [-0.25, -0.2) is 0 Å². The minimum Gasteiger partial charge on any atom is -0.396 e. The molecule has 0 radical (unpaired) electrons. The van der Waals surface area contributed by atoms with E-state index < -0.39 is 29.6 Å². The molecule has 3 fully saturated rings. The number of unbranched alkanes of at least 4 members (excludes halogenated alkanes) is 3. The molecule has 2 aromatic rings. The van der Waals surface area contributed by atoms with E-state index in [1.165, 1.54) is 0 Å². The average Bonchev–Trinajstić information content (AvgIpc) is 3.52. The van der Waals surface area contributed by atoms with E-state index in [4.69, 9.17) is 21.4 Å². The highest BCUT2D eigenvalue weighted by Crippen LogP contribution is 2.60. The summed E-state index contributed by atoms with van der Waals surface area (Å²) in [5.74, 6) is -2.32. The molecule has 8 nitrogen and oxygen atoms in total. The molecule has 6 atom stereocenters. The number of rotatable bonds is 11. The molecule has 3 heterocycles. The number of halogens is 2. The highest BCUT2D eigenvalue weighted by molar-refractivity contribution is 9.09. The fraction of sp³-hybridized carbons (Fsp3) is 0.483. The van der Waals surface area contributed by atoms with Crippen LogP contribution in [0.3, 0.4) is 0 Å². The zero-order valence-corrected chi connectivity index (χ0v) is 23.9. The molecule has 0 aliphatic carbocycles. The monoisotopic (exact) mass is 617 g/mol. The Hall–Kier alpha value is -2.46. The first-order valence-corrected chi connectivity index (χ1v) is 14.8. The summed E-state index contributed by atoms with van der Waals surface area (Å²) in [6, 6.07) is 15.7. The molecular weight excluding hydrogens is 586 g/mol. The zero-order chi connectivity index (χ0) is 27.6. The molecule has 0 aromatic heterocycles. The molecule has 39 heavy (non-hydrogen) atoms. The number of anilines is 1. The number of likely N-dealkylation sites (tertiary alicyclic amines) is 1. The van der Waals surface area contributed by atoms with Gasteiger partial charge in [-0.05, 0) is 37.0 Å². The Morgan fingerprint density at radius 3 is 2.51 bits per heavy atom. The first-order valence-electron chi connectivity index (χ1n) is 13.5. The van der Waals surface area contributed by atoms with Crippen molar-refractivity contribution >= 4 is 50.9 Å². The van der Waals surface area contributed by atoms with Crippen molar-refractivity contribution in [1.29, 1.82) is 0 Å². The summed E-state index contributed by atoms with van der Waals surface area (Å²) in [4.78, 5) is 42.9. The van der Waals surface area contributed by atoms with Gasteiger partial charge in [0.2, 0.25) is 17.7 Å². The lowest BCUT2D eigenvalue weighted by Gasteiger charge is -2.34. The Kier molecular flexibility index (Phi) is 8.61. The van der Waals surface area contributed by atoms with Crippen molar-refractivity contribution in [3.05, 3.63) is 65.2 Å². The van der Waals surface area contributed by atoms with Gasteiger partial charge in [-0.15, -0.1) is 0 Å². The van der Waals surface area contributed by atoms with Crippen LogP contribution >= 0.6 is 27.5 Å². The predicted octanol–water partition coefficient (Wildman–Crippen LogP) is 3.90. The third-order valence-corrected chi connectivity index (χ3v) is 9.26. The second kappa shape index (κ2) is 12.0. The number of hydrogen-bond donors (Lipinski definition) is 3. The van der Waals surface area contributed by atoms with Crippen molar-refractivity contribution in [2.75, 3.05) is 18.5 Å². The smallest absolute Gasteiger partial charge is 0.250 e. The lowest BCUT2D eigenvalue weighted by atomic mass is 9.70. The number of fused-ring (bicyclic) bond motifs is 1. The fourth-order valence-electron chi connectivity index (χ4n) is 6.38. The number of para-hydroxylation sites is 1. The first kappa shape index (κ1) is 28.1. The van der Waals surface area contributed by atoms with Gasteiger partial charge in [-0.2, -0.15) is 0 Å². The van der Waals surface area contributed by atoms with Gasteiger partial charge < -0.3 is 25.4 Å². The Balaban J connectivity index is 1.42. The molecule has 3 aliphatic rings. The van der Waals surface area contributed by atoms with Crippen LogP contribution in [0, 0.1) is 11.8 Å². The number of nitrogens with one attached hydrogen (secondary N) is 2. The number of aliphatic hydroxyl groups is 1. The third kappa shape index (κ3) is 5.34. The Bertz CT molecular complexity index is 1220. The van der Waals surface area contributed by atoms with Crippen LogP contribution in [0.5, 0.6) is 0 Å². The molecule has 2 bridgehead atoms. The minimum atomic E-state index is -1.12. The lowest BCUT2D eigenvalue weighted by Crippen LogP contribution is -2.54. The van der Waals surface area contributed by atoms with E-state index in [0.29, 0.717) is 43.1 Å². The summed E-state index contributed by atoms with van der Waals surface area (Å²) in [5.41, 5.74) is 0.292. The average molecular weight is 619 g/mol. The highest BCUT2D eigenvalue weighted by atomic mass is 79.9. The van der Waals surface area contributed by atoms with E-state index in [1.807, 2.05) is 30.3 Å². The summed E-state index contributed by atoms with van der Waals surface area (Å²) in [6.07, 6.45) is 2.94. The van der Waals surface area contributed by atoms with Crippen LogP contribution in [-0.2, 0) is 25.7 Å². The maximum atomic E-state index is 14.0. The van der Waals surface area contributed by atoms with E-state index in [1.54, 1.807) is 29.2 Å². The Morgan fingerprint density at radius 1 is 1.05 bits per heavy atom. The van der Waals surface area contributed by atoms with Crippen molar-refractivity contribution in [3.63, 3.8) is 0 Å². The first-order chi connectivity index (χ1) is 18.9. The van der Waals surface area contributed by atoms with Crippen LogP contribution in [-0.4, -0.2) is 63.5 Å². The number of carbonyl (C=O) groups excluding carboxylic acids is 3. The lowest BCUT2D eigenvalue weighted by molar-refractivity contribution is -0.140. The molecule has 1 spiro atoms. The Morgan fingerprint density at radius 2 is 1.77 bits per heavy atom. The number of carbonyl (C=O) groups is 3. The van der Waals surface area contributed by atoms with Gasteiger partial charge in [-0.3, -0.25) is 14.4 Å². The number of benzene rings is 2. The number of amides is 3. The maximum absolute atomic E-state index is 14.0. The standard InChI is InChI=1S/C29H33BrClN3O5/c30-19-16-29-23(22(24(19)39-29)26(36)32-17-18-10-4-3-5-11-18)28(38)34(14-8-1-2-9-15-35)25(29)27(37)33-21-13-7-6-12-20(21)31/h3-7,10-13,19,22-25,35H,1-2,8-9,14-17H2,(H,32,36)(H,33,37)/t19?,22-,23+,24-,25?,29?/m1/s1. The molecule has 5 rings (SSSR count). The van der Waals surface area contributed by atoms with Crippen LogP contribution in [0.1, 0.15) is 37.7 Å². The molecular formula is C29H33BrClN3O5. The SMILES string of the molecule is O=C(Nc1ccccc1Cl)C1N(CCCCCCO)C(=O)[C@@H]2[C@@H](C(=O)NCc3ccccc3)[C@@H]3OC12CC3Br. The summed E-state index contributed by atoms with van der Waals surface area (Å²) in [7, 11) is 0. The van der Waals surface area contributed by atoms with Crippen molar-refractivity contribution < 1.29 is 24.2 Å². The maximum Gasteiger partial charge on any atom is 0.250 e. The van der Waals surface area contributed by atoms with E-state index >= 15 is 0 Å². The van der Waals surface area contributed by atoms with Crippen LogP contribution in [0.25, 0.3) is 0 Å². The van der Waals surface area contributed by atoms with Gasteiger partial charge in [0.1, 0.15) is 11.6 Å². The van der Waals surface area contributed by atoms with Gasteiger partial charge in [0, 0.05) is 24.5 Å². The highest BCUT2D eigenvalue weighted by Gasteiger charge is 2.76. The number of hydrogen-bond acceptors (Lipinski definition) is 5. The summed E-state index contributed by atoms with van der Waals surface area (Å²) >= 11 is 10.0. The second-order valence-electron chi connectivity index (χ2n) is 10.5. The zero-order valence-electron chi connectivity index (χ0n) is 21.5. The van der Waals surface area contributed by atoms with Gasteiger partial charge in [-0.1, -0.05) is 82.8 Å². The van der Waals surface area contributed by atoms with Gasteiger partial charge in [0.25, 0.3) is 0 Å². The number of ether oxygens (including phenoxy) is 1. The topological polar surface area (TPSA) is 108 Å². The number of nitrogens with zero attached hydrogens (tertiary/aromatic N) is 1. The quantitative estimate of drug-likeness (QED) is 0.262. The van der Waals surface area contributed by atoms with Gasteiger partial charge in [0.05, 0.1) is 28.6 Å². The van der Waals surface area contributed by atoms with Gasteiger partial charge >= 0.3 is 0 Å². The normalized spacial score (nSPS) is 28.9. The molecule has 3 unspecified atom stereocenters. The van der Waals surface area contributed by atoms with Crippen molar-refractivity contribution in [1.82, 2.24) is 10.2 Å². The van der Waals surface area contributed by atoms with Crippen LogP contribution in [0.2, 0.25) is 5.02 Å². The molecule has 3 aliphatic heterocycles. The van der Waals surface area contributed by atoms with E-state index in [0.717, 1.165) is 18.4 Å². The fourth-order valence-corrected chi connectivity index (χ4v) is 7.51. The van der Waals surface area contributed by atoms with Crippen molar-refractivity contribution in [2.24, 2.45) is 11.8 Å². The van der Waals surface area contributed by atoms with Crippen LogP contribution in [0.15, 0.2) is 54.6 Å².